The van der Waals surface area contributed by atoms with E-state index < -0.39 is 17.8 Å². The van der Waals surface area contributed by atoms with E-state index in [4.69, 9.17) is 0 Å². The Kier molecular flexibility index (Phi) is 6.98. The number of nitrogens with zero attached hydrogens (tertiary/aromatic N) is 1. The first-order chi connectivity index (χ1) is 14.7. The molecule has 0 atom stereocenters. The standard InChI is InChI=1S/C21H22F4N4O2/c22-16-3-7-18(8-4-16)28-20(31)29-11-9-14(10-12-29)13-26-19(30)27-17-5-1-15(2-6-17)21(23,24)25/h1-8,14H,9-13H2,(H,28,31)(H2,26,27,30). The van der Waals surface area contributed by atoms with Gasteiger partial charge in [0.2, 0.25) is 0 Å². The molecule has 166 valence electrons. The minimum absolute atomic E-state index is 0.174. The third-order valence-electron chi connectivity index (χ3n) is 5.02. The van der Waals surface area contributed by atoms with Crippen LogP contribution < -0.4 is 16.0 Å². The number of anilines is 2. The Morgan fingerprint density at radius 1 is 0.903 bits per heavy atom. The molecule has 0 aromatic heterocycles. The molecule has 1 saturated heterocycles. The van der Waals surface area contributed by atoms with Gasteiger partial charge in [-0.15, -0.1) is 0 Å². The number of urea groups is 2. The molecule has 1 aliphatic heterocycles. The van der Waals surface area contributed by atoms with Crippen LogP contribution in [0, 0.1) is 11.7 Å². The predicted octanol–water partition coefficient (Wildman–Crippen LogP) is 4.91. The van der Waals surface area contributed by atoms with E-state index in [9.17, 15) is 27.2 Å². The highest BCUT2D eigenvalue weighted by Gasteiger charge is 2.30. The van der Waals surface area contributed by atoms with Gasteiger partial charge in [0.15, 0.2) is 0 Å². The largest absolute Gasteiger partial charge is 0.416 e. The quantitative estimate of drug-likeness (QED) is 0.594. The van der Waals surface area contributed by atoms with Crippen LogP contribution in [0.25, 0.3) is 0 Å². The van der Waals surface area contributed by atoms with Crippen LogP contribution in [-0.2, 0) is 6.18 Å². The maximum Gasteiger partial charge on any atom is 0.416 e. The highest BCUT2D eigenvalue weighted by molar-refractivity contribution is 5.90. The van der Waals surface area contributed by atoms with Crippen LogP contribution in [0.2, 0.25) is 0 Å². The van der Waals surface area contributed by atoms with Crippen molar-refractivity contribution in [1.29, 1.82) is 0 Å². The molecule has 10 heteroatoms. The Bertz CT molecular complexity index is 893. The van der Waals surface area contributed by atoms with Gasteiger partial charge in [0, 0.05) is 31.0 Å². The summed E-state index contributed by atoms with van der Waals surface area (Å²) in [5.74, 6) is -0.207. The molecule has 3 N–H and O–H groups in total. The highest BCUT2D eigenvalue weighted by atomic mass is 19.4. The molecule has 4 amide bonds. The van der Waals surface area contributed by atoms with E-state index in [1.54, 1.807) is 4.90 Å². The number of likely N-dealkylation sites (tertiary alicyclic amines) is 1. The van der Waals surface area contributed by atoms with Gasteiger partial charge in [-0.05, 0) is 67.3 Å². The molecule has 6 nitrogen and oxygen atoms in total. The molecule has 0 radical (unpaired) electrons. The SMILES string of the molecule is O=C(NCC1CCN(C(=O)Nc2ccc(F)cc2)CC1)Nc1ccc(C(F)(F)F)cc1. The Balaban J connectivity index is 1.38. The van der Waals surface area contributed by atoms with Crippen molar-refractivity contribution in [3.63, 3.8) is 0 Å². The van der Waals surface area contributed by atoms with Gasteiger partial charge in [-0.25, -0.2) is 14.0 Å². The minimum atomic E-state index is -4.43. The molecule has 0 aliphatic carbocycles. The zero-order valence-electron chi connectivity index (χ0n) is 16.5. The smallest absolute Gasteiger partial charge is 0.338 e. The fraction of sp³-hybridized carbons (Fsp3) is 0.333. The van der Waals surface area contributed by atoms with Crippen molar-refractivity contribution in [2.24, 2.45) is 5.92 Å². The summed E-state index contributed by atoms with van der Waals surface area (Å²) in [6.45, 7) is 1.42. The van der Waals surface area contributed by atoms with E-state index in [1.807, 2.05) is 0 Å². The molecule has 0 unspecified atom stereocenters. The van der Waals surface area contributed by atoms with Gasteiger partial charge < -0.3 is 20.9 Å². The topological polar surface area (TPSA) is 73.5 Å². The Hall–Kier alpha value is -3.30. The molecule has 0 spiro atoms. The van der Waals surface area contributed by atoms with Crippen LogP contribution in [0.3, 0.4) is 0 Å². The highest BCUT2D eigenvalue weighted by Crippen LogP contribution is 2.29. The predicted molar refractivity (Wildman–Crippen MR) is 108 cm³/mol. The second-order valence-corrected chi connectivity index (χ2v) is 7.28. The lowest BCUT2D eigenvalue weighted by Gasteiger charge is -2.32. The number of benzene rings is 2. The van der Waals surface area contributed by atoms with Crippen LogP contribution in [-0.4, -0.2) is 36.6 Å². The van der Waals surface area contributed by atoms with Crippen LogP contribution in [0.5, 0.6) is 0 Å². The molecule has 2 aromatic rings. The summed E-state index contributed by atoms with van der Waals surface area (Å²) in [4.78, 5) is 25.9. The molecule has 3 rings (SSSR count). The summed E-state index contributed by atoms with van der Waals surface area (Å²) in [7, 11) is 0. The molecule has 2 aromatic carbocycles. The average Bonchev–Trinajstić information content (AvgIpc) is 2.74. The number of amides is 4. The summed E-state index contributed by atoms with van der Waals surface area (Å²) in [6, 6.07) is 8.94. The van der Waals surface area contributed by atoms with Gasteiger partial charge in [-0.3, -0.25) is 0 Å². The third kappa shape index (κ3) is 6.59. The van der Waals surface area contributed by atoms with E-state index in [2.05, 4.69) is 16.0 Å². The summed E-state index contributed by atoms with van der Waals surface area (Å²) in [5, 5.41) is 7.92. The molecule has 0 bridgehead atoms. The van der Waals surface area contributed by atoms with Crippen LogP contribution in [0.15, 0.2) is 48.5 Å². The number of piperidine rings is 1. The lowest BCUT2D eigenvalue weighted by molar-refractivity contribution is -0.137. The number of alkyl halides is 3. The summed E-state index contributed by atoms with van der Waals surface area (Å²) in [6.07, 6.45) is -3.04. The van der Waals surface area contributed by atoms with Crippen molar-refractivity contribution in [2.75, 3.05) is 30.3 Å². The number of halogens is 4. The van der Waals surface area contributed by atoms with Gasteiger partial charge in [-0.1, -0.05) is 0 Å². The zero-order chi connectivity index (χ0) is 22.4. The number of carbonyl (C=O) groups is 2. The van der Waals surface area contributed by atoms with E-state index >= 15 is 0 Å². The lowest BCUT2D eigenvalue weighted by atomic mass is 9.97. The fourth-order valence-corrected chi connectivity index (χ4v) is 3.23. The number of nitrogens with one attached hydrogen (secondary N) is 3. The van der Waals surface area contributed by atoms with E-state index in [0.717, 1.165) is 12.1 Å². The van der Waals surface area contributed by atoms with Crippen LogP contribution in [0.1, 0.15) is 18.4 Å². The summed E-state index contributed by atoms with van der Waals surface area (Å²) >= 11 is 0. The molecule has 31 heavy (non-hydrogen) atoms. The van der Waals surface area contributed by atoms with Gasteiger partial charge in [0.25, 0.3) is 0 Å². The third-order valence-corrected chi connectivity index (χ3v) is 5.02. The van der Waals surface area contributed by atoms with Gasteiger partial charge in [0.1, 0.15) is 5.82 Å². The van der Waals surface area contributed by atoms with Crippen molar-refractivity contribution in [3.8, 4) is 0 Å². The minimum Gasteiger partial charge on any atom is -0.338 e. The monoisotopic (exact) mass is 438 g/mol. The fourth-order valence-electron chi connectivity index (χ4n) is 3.23. The molecule has 0 saturated carbocycles. The zero-order valence-corrected chi connectivity index (χ0v) is 16.5. The number of hydrogen-bond acceptors (Lipinski definition) is 2. The van der Waals surface area contributed by atoms with Crippen molar-refractivity contribution in [2.45, 2.75) is 19.0 Å². The maximum atomic E-state index is 12.9. The average molecular weight is 438 g/mol. The Morgan fingerprint density at radius 2 is 1.45 bits per heavy atom. The van der Waals surface area contributed by atoms with Gasteiger partial charge in [-0.2, -0.15) is 13.2 Å². The Labute approximate surface area is 176 Å². The number of hydrogen-bond donors (Lipinski definition) is 3. The second kappa shape index (κ2) is 9.67. The molecule has 1 fully saturated rings. The van der Waals surface area contributed by atoms with Crippen LogP contribution in [0.4, 0.5) is 38.5 Å². The van der Waals surface area contributed by atoms with E-state index in [0.29, 0.717) is 38.2 Å². The molecular weight excluding hydrogens is 416 g/mol. The molecule has 1 aliphatic rings. The first-order valence-corrected chi connectivity index (χ1v) is 9.74. The maximum absolute atomic E-state index is 12.9. The Morgan fingerprint density at radius 3 is 2.03 bits per heavy atom. The summed E-state index contributed by atoms with van der Waals surface area (Å²) < 4.78 is 50.6. The van der Waals surface area contributed by atoms with E-state index in [-0.39, 0.29) is 23.5 Å². The number of carbonyl (C=O) groups excluding carboxylic acids is 2. The van der Waals surface area contributed by atoms with Crippen molar-refractivity contribution in [1.82, 2.24) is 10.2 Å². The first-order valence-electron chi connectivity index (χ1n) is 9.74. The summed E-state index contributed by atoms with van der Waals surface area (Å²) in [5.41, 5.74) is -0.0124. The lowest BCUT2D eigenvalue weighted by Crippen LogP contribution is -2.43. The van der Waals surface area contributed by atoms with Gasteiger partial charge in [0.05, 0.1) is 5.56 Å². The van der Waals surface area contributed by atoms with Crippen molar-refractivity contribution in [3.05, 3.63) is 59.9 Å². The van der Waals surface area contributed by atoms with Gasteiger partial charge >= 0.3 is 18.2 Å². The molecule has 1 heterocycles. The van der Waals surface area contributed by atoms with Crippen molar-refractivity contribution < 1.29 is 27.2 Å². The second-order valence-electron chi connectivity index (χ2n) is 7.28. The van der Waals surface area contributed by atoms with Crippen LogP contribution >= 0.6 is 0 Å². The van der Waals surface area contributed by atoms with Crippen molar-refractivity contribution >= 4 is 23.4 Å². The first kappa shape index (κ1) is 22.4. The molecular formula is C21H22F4N4O2. The number of rotatable bonds is 4. The normalized spacial score (nSPS) is 14.8. The van der Waals surface area contributed by atoms with E-state index in [1.165, 1.54) is 36.4 Å².